The molecule has 0 bridgehead atoms. The van der Waals surface area contributed by atoms with E-state index >= 15 is 0 Å². The van der Waals surface area contributed by atoms with E-state index in [1.165, 1.54) is 6.92 Å². The molecular weight excluding hydrogens is 387 g/mol. The number of rotatable bonds is 6. The van der Waals surface area contributed by atoms with Gasteiger partial charge in [0, 0.05) is 6.04 Å². The van der Waals surface area contributed by atoms with Crippen LogP contribution in [0.25, 0.3) is 0 Å². The first kappa shape index (κ1) is 20.7. The molecule has 1 fully saturated rings. The van der Waals surface area contributed by atoms with E-state index in [9.17, 15) is 27.9 Å². The summed E-state index contributed by atoms with van der Waals surface area (Å²) in [6.07, 6.45) is -4.15. The number of amides is 1. The molecule has 3 rings (SSSR count). The third kappa shape index (κ3) is 4.36. The minimum absolute atomic E-state index is 0.0361. The van der Waals surface area contributed by atoms with Crippen molar-refractivity contribution >= 4 is 12.1 Å². The van der Waals surface area contributed by atoms with Gasteiger partial charge in [-0.2, -0.15) is 13.2 Å². The van der Waals surface area contributed by atoms with Crippen LogP contribution in [0.4, 0.5) is 18.0 Å². The number of nitrogens with zero attached hydrogens (tertiary/aromatic N) is 1. The van der Waals surface area contributed by atoms with Gasteiger partial charge in [-0.05, 0) is 43.0 Å². The normalized spacial score (nSPS) is 16.0. The lowest BCUT2D eigenvalue weighted by molar-refractivity contribution is -0.150. The van der Waals surface area contributed by atoms with Crippen molar-refractivity contribution in [1.82, 2.24) is 4.90 Å². The van der Waals surface area contributed by atoms with Crippen molar-refractivity contribution in [2.45, 2.75) is 44.1 Å². The Morgan fingerprint density at radius 2 is 1.59 bits per heavy atom. The Morgan fingerprint density at radius 3 is 2.07 bits per heavy atom. The van der Waals surface area contributed by atoms with Crippen LogP contribution in [0.1, 0.15) is 36.5 Å². The van der Waals surface area contributed by atoms with Gasteiger partial charge >= 0.3 is 18.2 Å². The Balaban J connectivity index is 1.89. The summed E-state index contributed by atoms with van der Waals surface area (Å²) >= 11 is 0. The van der Waals surface area contributed by atoms with E-state index in [4.69, 9.17) is 4.74 Å². The summed E-state index contributed by atoms with van der Waals surface area (Å²) in [5.41, 5.74) is -1.94. The van der Waals surface area contributed by atoms with Crippen molar-refractivity contribution in [1.29, 1.82) is 0 Å². The summed E-state index contributed by atoms with van der Waals surface area (Å²) in [6.45, 7) is 1.27. The smallest absolute Gasteiger partial charge is 0.416 e. The average molecular weight is 407 g/mol. The van der Waals surface area contributed by atoms with Crippen LogP contribution in [0.5, 0.6) is 0 Å². The van der Waals surface area contributed by atoms with Gasteiger partial charge in [0.25, 0.3) is 0 Å². The van der Waals surface area contributed by atoms with E-state index in [-0.39, 0.29) is 18.2 Å². The molecule has 0 saturated heterocycles. The molecule has 154 valence electrons. The number of aliphatic carboxylic acids is 1. The fraction of sp³-hybridized carbons (Fsp3) is 0.333. The van der Waals surface area contributed by atoms with Gasteiger partial charge in [-0.25, -0.2) is 9.59 Å². The number of hydrogen-bond acceptors (Lipinski definition) is 3. The molecular formula is C21H20F3NO4. The molecule has 1 saturated carbocycles. The topological polar surface area (TPSA) is 66.8 Å². The molecule has 8 heteroatoms. The minimum atomic E-state index is -4.54. The van der Waals surface area contributed by atoms with Gasteiger partial charge in [0.1, 0.15) is 6.61 Å². The van der Waals surface area contributed by atoms with Gasteiger partial charge in [-0.3, -0.25) is 4.90 Å². The predicted molar refractivity (Wildman–Crippen MR) is 97.9 cm³/mol. The first-order chi connectivity index (χ1) is 13.6. The highest BCUT2D eigenvalue weighted by molar-refractivity contribution is 5.86. The molecule has 29 heavy (non-hydrogen) atoms. The van der Waals surface area contributed by atoms with Gasteiger partial charge < -0.3 is 9.84 Å². The van der Waals surface area contributed by atoms with Gasteiger partial charge in [0.05, 0.1) is 5.56 Å². The number of halogens is 3. The Labute approximate surface area is 165 Å². The maximum atomic E-state index is 12.9. The monoisotopic (exact) mass is 407 g/mol. The summed E-state index contributed by atoms with van der Waals surface area (Å²) in [5, 5.41) is 9.92. The standard InChI is InChI=1S/C21H20F3NO4/c1-20(18(26)27,15-7-9-16(10-8-15)21(22,23)24)25(17-11-12-17)19(28)29-13-14-5-3-2-4-6-14/h2-10,17H,11-13H2,1H3,(H,26,27). The van der Waals surface area contributed by atoms with Gasteiger partial charge in [0.15, 0.2) is 5.54 Å². The Bertz CT molecular complexity index is 879. The Hall–Kier alpha value is -3.03. The van der Waals surface area contributed by atoms with Crippen LogP contribution in [-0.4, -0.2) is 28.1 Å². The number of carbonyl (C=O) groups excluding carboxylic acids is 1. The lowest BCUT2D eigenvalue weighted by Gasteiger charge is -2.38. The largest absolute Gasteiger partial charge is 0.479 e. The lowest BCUT2D eigenvalue weighted by Crippen LogP contribution is -2.54. The van der Waals surface area contributed by atoms with Crippen molar-refractivity contribution in [3.8, 4) is 0 Å². The van der Waals surface area contributed by atoms with Crippen molar-refractivity contribution in [3.05, 3.63) is 71.3 Å². The summed E-state index contributed by atoms with van der Waals surface area (Å²) in [7, 11) is 0. The number of carboxylic acid groups (broad SMARTS) is 1. The highest BCUT2D eigenvalue weighted by atomic mass is 19.4. The van der Waals surface area contributed by atoms with E-state index < -0.39 is 29.3 Å². The highest BCUT2D eigenvalue weighted by Crippen LogP contribution is 2.40. The number of carbonyl (C=O) groups is 2. The fourth-order valence-electron chi connectivity index (χ4n) is 3.17. The molecule has 0 heterocycles. The van der Waals surface area contributed by atoms with Crippen LogP contribution in [0, 0.1) is 0 Å². The fourth-order valence-corrected chi connectivity index (χ4v) is 3.17. The molecule has 2 aromatic carbocycles. The lowest BCUT2D eigenvalue weighted by atomic mass is 9.89. The third-order valence-corrected chi connectivity index (χ3v) is 4.99. The molecule has 2 aromatic rings. The van der Waals surface area contributed by atoms with E-state index in [0.717, 1.165) is 34.7 Å². The molecule has 1 aliphatic carbocycles. The van der Waals surface area contributed by atoms with E-state index in [1.54, 1.807) is 24.3 Å². The summed E-state index contributed by atoms with van der Waals surface area (Å²) in [4.78, 5) is 26.1. The Morgan fingerprint density at radius 1 is 1.03 bits per heavy atom. The summed E-state index contributed by atoms with van der Waals surface area (Å²) in [5.74, 6) is -1.35. The molecule has 1 amide bonds. The van der Waals surface area contributed by atoms with Crippen molar-refractivity contribution in [2.24, 2.45) is 0 Å². The van der Waals surface area contributed by atoms with Crippen LogP contribution < -0.4 is 0 Å². The molecule has 1 N–H and O–H groups in total. The number of hydrogen-bond donors (Lipinski definition) is 1. The SMILES string of the molecule is CC(C(=O)O)(c1ccc(C(F)(F)F)cc1)N(C(=O)OCc1ccccc1)C1CC1. The maximum absolute atomic E-state index is 12.9. The molecule has 1 atom stereocenters. The second kappa shape index (κ2) is 7.77. The van der Waals surface area contributed by atoms with Crippen LogP contribution in [0.2, 0.25) is 0 Å². The van der Waals surface area contributed by atoms with Gasteiger partial charge in [0.2, 0.25) is 0 Å². The minimum Gasteiger partial charge on any atom is -0.479 e. The molecule has 0 aliphatic heterocycles. The molecule has 1 unspecified atom stereocenters. The van der Waals surface area contributed by atoms with Crippen molar-refractivity contribution in [3.63, 3.8) is 0 Å². The number of alkyl halides is 3. The maximum Gasteiger partial charge on any atom is 0.416 e. The predicted octanol–water partition coefficient (Wildman–Crippen LogP) is 4.81. The van der Waals surface area contributed by atoms with Crippen molar-refractivity contribution in [2.75, 3.05) is 0 Å². The average Bonchev–Trinajstić information content (AvgIpc) is 3.51. The number of benzene rings is 2. The molecule has 0 aromatic heterocycles. The highest BCUT2D eigenvalue weighted by Gasteiger charge is 2.51. The third-order valence-electron chi connectivity index (χ3n) is 4.99. The molecule has 1 aliphatic rings. The second-order valence-corrected chi connectivity index (χ2v) is 7.09. The van der Waals surface area contributed by atoms with E-state index in [1.807, 2.05) is 6.07 Å². The first-order valence-corrected chi connectivity index (χ1v) is 9.05. The van der Waals surface area contributed by atoms with Crippen LogP contribution in [0.3, 0.4) is 0 Å². The zero-order chi connectivity index (χ0) is 21.2. The molecule has 0 radical (unpaired) electrons. The zero-order valence-electron chi connectivity index (χ0n) is 15.6. The Kier molecular flexibility index (Phi) is 5.55. The number of ether oxygens (including phenoxy) is 1. The zero-order valence-corrected chi connectivity index (χ0v) is 15.6. The second-order valence-electron chi connectivity index (χ2n) is 7.09. The van der Waals surface area contributed by atoms with Crippen LogP contribution >= 0.6 is 0 Å². The van der Waals surface area contributed by atoms with E-state index in [2.05, 4.69) is 0 Å². The van der Waals surface area contributed by atoms with Gasteiger partial charge in [-0.1, -0.05) is 42.5 Å². The number of carboxylic acids is 1. The summed E-state index contributed by atoms with van der Waals surface area (Å²) in [6, 6.07) is 12.4. The van der Waals surface area contributed by atoms with Crippen LogP contribution in [-0.2, 0) is 27.9 Å². The quantitative estimate of drug-likeness (QED) is 0.747. The van der Waals surface area contributed by atoms with Crippen LogP contribution in [0.15, 0.2) is 54.6 Å². The molecule has 0 spiro atoms. The molecule has 5 nitrogen and oxygen atoms in total. The first-order valence-electron chi connectivity index (χ1n) is 9.05. The van der Waals surface area contributed by atoms with Crippen molar-refractivity contribution < 1.29 is 32.6 Å². The van der Waals surface area contributed by atoms with Gasteiger partial charge in [-0.15, -0.1) is 0 Å². The summed E-state index contributed by atoms with van der Waals surface area (Å²) < 4.78 is 43.9. The van der Waals surface area contributed by atoms with E-state index in [0.29, 0.717) is 12.8 Å².